The van der Waals surface area contributed by atoms with E-state index < -0.39 is 0 Å². The molecule has 5 heteroatoms. The van der Waals surface area contributed by atoms with E-state index in [4.69, 9.17) is 4.98 Å². The van der Waals surface area contributed by atoms with E-state index in [-0.39, 0.29) is 17.9 Å². The molecule has 1 aliphatic rings. The van der Waals surface area contributed by atoms with Gasteiger partial charge in [-0.05, 0) is 30.0 Å². The van der Waals surface area contributed by atoms with Crippen LogP contribution in [0.2, 0.25) is 0 Å². The van der Waals surface area contributed by atoms with Crippen molar-refractivity contribution in [2.45, 2.75) is 39.2 Å². The summed E-state index contributed by atoms with van der Waals surface area (Å²) in [6.45, 7) is 8.28. The quantitative estimate of drug-likeness (QED) is 0.561. The van der Waals surface area contributed by atoms with Crippen molar-refractivity contribution >= 4 is 11.7 Å². The highest BCUT2D eigenvalue weighted by molar-refractivity contribution is 5.79. The van der Waals surface area contributed by atoms with Crippen LogP contribution in [0.25, 0.3) is 11.1 Å². The number of rotatable bonds is 5. The normalized spacial score (nSPS) is 16.0. The van der Waals surface area contributed by atoms with Crippen LogP contribution in [-0.4, -0.2) is 41.5 Å². The van der Waals surface area contributed by atoms with Gasteiger partial charge in [0.25, 0.3) is 0 Å². The summed E-state index contributed by atoms with van der Waals surface area (Å²) < 4.78 is 0. The van der Waals surface area contributed by atoms with Gasteiger partial charge in [0.2, 0.25) is 5.91 Å². The highest BCUT2D eigenvalue weighted by Crippen LogP contribution is 2.33. The maximum absolute atomic E-state index is 12.9. The van der Waals surface area contributed by atoms with Crippen LogP contribution in [0.1, 0.15) is 43.5 Å². The molecule has 1 saturated heterocycles. The van der Waals surface area contributed by atoms with Gasteiger partial charge in [-0.15, -0.1) is 0 Å². The highest BCUT2D eigenvalue weighted by atomic mass is 16.2. The molecule has 1 atom stereocenters. The molecule has 1 fully saturated rings. The molecule has 0 bridgehead atoms. The van der Waals surface area contributed by atoms with Crippen molar-refractivity contribution in [2.24, 2.45) is 0 Å². The van der Waals surface area contributed by atoms with Gasteiger partial charge in [-0.25, -0.2) is 4.98 Å². The number of nitriles is 1. The zero-order chi connectivity index (χ0) is 23.4. The van der Waals surface area contributed by atoms with Gasteiger partial charge in [0.15, 0.2) is 0 Å². The minimum absolute atomic E-state index is 0.0413. The molecule has 0 radical (unpaired) electrons. The number of carbonyl (C=O) groups is 1. The summed E-state index contributed by atoms with van der Waals surface area (Å²) in [7, 11) is 0. The number of nitrogens with zero attached hydrogens (tertiary/aromatic N) is 4. The first-order chi connectivity index (χ1) is 16.0. The van der Waals surface area contributed by atoms with Gasteiger partial charge < -0.3 is 9.80 Å². The maximum atomic E-state index is 12.9. The van der Waals surface area contributed by atoms with Crippen molar-refractivity contribution in [3.63, 3.8) is 0 Å². The van der Waals surface area contributed by atoms with E-state index in [0.29, 0.717) is 31.6 Å². The Kier molecular flexibility index (Phi) is 6.74. The lowest BCUT2D eigenvalue weighted by Gasteiger charge is -2.41. The fourth-order valence-corrected chi connectivity index (χ4v) is 4.52. The molecule has 2 heterocycles. The maximum Gasteiger partial charge on any atom is 0.227 e. The summed E-state index contributed by atoms with van der Waals surface area (Å²) in [6.07, 6.45) is 0.413. The molecule has 0 spiro atoms. The van der Waals surface area contributed by atoms with Gasteiger partial charge in [-0.1, -0.05) is 74.5 Å². The van der Waals surface area contributed by atoms with E-state index in [2.05, 4.69) is 43.9 Å². The number of carbonyl (C=O) groups excluding carboxylic acids is 1. The van der Waals surface area contributed by atoms with Crippen molar-refractivity contribution in [1.82, 2.24) is 9.88 Å². The second-order valence-corrected chi connectivity index (χ2v) is 8.97. The molecule has 33 heavy (non-hydrogen) atoms. The lowest BCUT2D eigenvalue weighted by Crippen LogP contribution is -2.54. The average molecular weight is 439 g/mol. The first-order valence-electron chi connectivity index (χ1n) is 11.6. The molecular formula is C28H30N4O. The molecular weight excluding hydrogens is 408 g/mol. The van der Waals surface area contributed by atoms with Gasteiger partial charge in [-0.3, -0.25) is 4.79 Å². The van der Waals surface area contributed by atoms with E-state index in [1.165, 1.54) is 0 Å². The smallest absolute Gasteiger partial charge is 0.227 e. The number of benzene rings is 2. The molecule has 0 aliphatic carbocycles. The predicted octanol–water partition coefficient (Wildman–Crippen LogP) is 5.02. The van der Waals surface area contributed by atoms with Crippen LogP contribution < -0.4 is 4.90 Å². The van der Waals surface area contributed by atoms with E-state index in [9.17, 15) is 10.1 Å². The van der Waals surface area contributed by atoms with E-state index >= 15 is 0 Å². The van der Waals surface area contributed by atoms with Gasteiger partial charge in [-0.2, -0.15) is 5.26 Å². The minimum atomic E-state index is 0.0413. The average Bonchev–Trinajstić information content (AvgIpc) is 2.84. The predicted molar refractivity (Wildman–Crippen MR) is 132 cm³/mol. The van der Waals surface area contributed by atoms with Gasteiger partial charge in [0.05, 0.1) is 17.7 Å². The highest BCUT2D eigenvalue weighted by Gasteiger charge is 2.30. The third-order valence-electron chi connectivity index (χ3n) is 6.23. The summed E-state index contributed by atoms with van der Waals surface area (Å²) in [6, 6.07) is 24.4. The fraction of sp³-hybridized carbons (Fsp3) is 0.321. The van der Waals surface area contributed by atoms with Crippen molar-refractivity contribution in [3.8, 4) is 17.2 Å². The Morgan fingerprint density at radius 1 is 1.09 bits per heavy atom. The fourth-order valence-electron chi connectivity index (χ4n) is 4.52. The van der Waals surface area contributed by atoms with Crippen LogP contribution in [0.5, 0.6) is 0 Å². The molecule has 2 aromatic carbocycles. The molecule has 3 aromatic rings. The molecule has 1 amide bonds. The number of aromatic nitrogens is 1. The number of hydrogen-bond donors (Lipinski definition) is 0. The number of hydrogen-bond acceptors (Lipinski definition) is 4. The first kappa shape index (κ1) is 22.5. The molecule has 1 unspecified atom stereocenters. The Hall–Kier alpha value is -3.65. The lowest BCUT2D eigenvalue weighted by molar-refractivity contribution is -0.132. The van der Waals surface area contributed by atoms with Gasteiger partial charge in [0, 0.05) is 31.2 Å². The van der Waals surface area contributed by atoms with Crippen molar-refractivity contribution < 1.29 is 4.79 Å². The molecule has 5 nitrogen and oxygen atoms in total. The van der Waals surface area contributed by atoms with E-state index in [1.54, 1.807) is 0 Å². The minimum Gasteiger partial charge on any atom is -0.352 e. The van der Waals surface area contributed by atoms with Crippen LogP contribution in [0, 0.1) is 11.3 Å². The Labute approximate surface area is 196 Å². The van der Waals surface area contributed by atoms with Gasteiger partial charge >= 0.3 is 0 Å². The third kappa shape index (κ3) is 4.90. The molecule has 1 aromatic heterocycles. The zero-order valence-electron chi connectivity index (χ0n) is 19.5. The molecule has 0 N–H and O–H groups in total. The Morgan fingerprint density at radius 3 is 2.36 bits per heavy atom. The molecule has 168 valence electrons. The van der Waals surface area contributed by atoms with Crippen molar-refractivity contribution in [3.05, 3.63) is 83.6 Å². The summed E-state index contributed by atoms with van der Waals surface area (Å²) in [4.78, 5) is 22.1. The van der Waals surface area contributed by atoms with Crippen LogP contribution in [0.15, 0.2) is 66.7 Å². The Morgan fingerprint density at radius 2 is 1.76 bits per heavy atom. The molecule has 4 rings (SSSR count). The zero-order valence-corrected chi connectivity index (χ0v) is 19.5. The third-order valence-corrected chi connectivity index (χ3v) is 6.23. The topological polar surface area (TPSA) is 60.2 Å². The first-order valence-corrected chi connectivity index (χ1v) is 11.6. The van der Waals surface area contributed by atoms with Crippen molar-refractivity contribution in [2.75, 3.05) is 24.5 Å². The van der Waals surface area contributed by atoms with Crippen LogP contribution >= 0.6 is 0 Å². The second kappa shape index (κ2) is 9.87. The Bertz CT molecular complexity index is 1150. The summed E-state index contributed by atoms with van der Waals surface area (Å²) in [5, 5.41) is 9.94. The van der Waals surface area contributed by atoms with Crippen LogP contribution in [0.4, 0.5) is 5.82 Å². The summed E-state index contributed by atoms with van der Waals surface area (Å²) in [5.41, 5.74) is 4.68. The van der Waals surface area contributed by atoms with Crippen molar-refractivity contribution in [1.29, 1.82) is 5.26 Å². The molecule has 0 saturated carbocycles. The summed E-state index contributed by atoms with van der Waals surface area (Å²) in [5.74, 6) is 1.09. The number of piperazine rings is 1. The number of anilines is 1. The molecule has 1 aliphatic heterocycles. The number of pyridine rings is 1. The standard InChI is InChI=1S/C28H30N4O/c1-20(2)27-25(23-12-8-5-9-13-23)17-24(18-29)28(30-27)31-14-15-32(21(3)19-31)26(33)16-22-10-6-4-7-11-22/h4-13,17,20-21H,14-16,19H2,1-3H3. The lowest BCUT2D eigenvalue weighted by atomic mass is 9.95. The van der Waals surface area contributed by atoms with E-state index in [0.717, 1.165) is 28.2 Å². The second-order valence-electron chi connectivity index (χ2n) is 8.97. The monoisotopic (exact) mass is 438 g/mol. The SMILES string of the molecule is CC(C)c1nc(N2CCN(C(=O)Cc3ccccc3)C(C)C2)c(C#N)cc1-c1ccccc1. The van der Waals surface area contributed by atoms with Gasteiger partial charge in [0.1, 0.15) is 11.9 Å². The van der Waals surface area contributed by atoms with Crippen LogP contribution in [0.3, 0.4) is 0 Å². The Balaban J connectivity index is 1.58. The largest absolute Gasteiger partial charge is 0.352 e. The summed E-state index contributed by atoms with van der Waals surface area (Å²) >= 11 is 0. The number of amides is 1. The van der Waals surface area contributed by atoms with E-state index in [1.807, 2.05) is 59.5 Å². The van der Waals surface area contributed by atoms with Crippen LogP contribution in [-0.2, 0) is 11.2 Å².